The lowest BCUT2D eigenvalue weighted by Crippen LogP contribution is -2.30. The summed E-state index contributed by atoms with van der Waals surface area (Å²) in [5.41, 5.74) is 1.48. The number of halogens is 4. The van der Waals surface area contributed by atoms with Gasteiger partial charge in [0.25, 0.3) is 0 Å². The van der Waals surface area contributed by atoms with Gasteiger partial charge in [0, 0.05) is 30.3 Å². The summed E-state index contributed by atoms with van der Waals surface area (Å²) in [6, 6.07) is 17.4. The molecular formula is C27H28ClF3N2O4S. The van der Waals surface area contributed by atoms with Gasteiger partial charge < -0.3 is 15.3 Å². The van der Waals surface area contributed by atoms with Crippen LogP contribution >= 0.6 is 11.6 Å². The van der Waals surface area contributed by atoms with Crippen LogP contribution in [0.15, 0.2) is 77.7 Å². The van der Waals surface area contributed by atoms with Crippen molar-refractivity contribution in [2.45, 2.75) is 30.5 Å². The van der Waals surface area contributed by atoms with Gasteiger partial charge in [0.15, 0.2) is 9.84 Å². The van der Waals surface area contributed by atoms with Crippen LogP contribution in [0.5, 0.6) is 0 Å². The van der Waals surface area contributed by atoms with Crippen molar-refractivity contribution in [3.63, 3.8) is 0 Å². The number of hydrogen-bond donors (Lipinski definition) is 2. The van der Waals surface area contributed by atoms with Gasteiger partial charge >= 0.3 is 6.18 Å². The Morgan fingerprint density at radius 3 is 2.13 bits per heavy atom. The summed E-state index contributed by atoms with van der Waals surface area (Å²) in [5, 5.41) is 13.4. The molecule has 6 nitrogen and oxygen atoms in total. The minimum atomic E-state index is -4.45. The zero-order valence-corrected chi connectivity index (χ0v) is 22.2. The van der Waals surface area contributed by atoms with Crippen molar-refractivity contribution < 1.29 is 31.5 Å². The normalized spacial score (nSPS) is 12.7. The van der Waals surface area contributed by atoms with Crippen molar-refractivity contribution >= 4 is 38.7 Å². The molecule has 0 saturated heterocycles. The summed E-state index contributed by atoms with van der Waals surface area (Å²) in [5.74, 6) is -0.0189. The summed E-state index contributed by atoms with van der Waals surface area (Å²) in [7, 11) is -3.31. The number of hydrogen-bond acceptors (Lipinski definition) is 5. The number of nitrogens with one attached hydrogen (secondary N) is 1. The third kappa shape index (κ3) is 7.96. The van der Waals surface area contributed by atoms with Gasteiger partial charge in [0.1, 0.15) is 0 Å². The van der Waals surface area contributed by atoms with Gasteiger partial charge in [-0.3, -0.25) is 4.79 Å². The van der Waals surface area contributed by atoms with E-state index in [2.05, 4.69) is 5.32 Å². The van der Waals surface area contributed by atoms with Crippen LogP contribution in [0.4, 0.5) is 24.5 Å². The van der Waals surface area contributed by atoms with Crippen molar-refractivity contribution in [1.82, 2.24) is 0 Å². The molecule has 3 aromatic carbocycles. The molecule has 2 N–H and O–H groups in total. The van der Waals surface area contributed by atoms with Crippen LogP contribution in [-0.2, 0) is 27.2 Å². The van der Waals surface area contributed by atoms with E-state index in [-0.39, 0.29) is 35.4 Å². The Kier molecular flexibility index (Phi) is 9.81. The quantitative estimate of drug-likeness (QED) is 0.300. The van der Waals surface area contributed by atoms with Crippen molar-refractivity contribution in [1.29, 1.82) is 0 Å². The maximum absolute atomic E-state index is 12.8. The Morgan fingerprint density at radius 1 is 1.00 bits per heavy atom. The number of carbonyl (C=O) groups is 1. The first-order valence-electron chi connectivity index (χ1n) is 11.8. The highest BCUT2D eigenvalue weighted by Gasteiger charge is 2.30. The van der Waals surface area contributed by atoms with Crippen molar-refractivity contribution in [3.8, 4) is 0 Å². The van der Waals surface area contributed by atoms with Gasteiger partial charge in [0.05, 0.1) is 28.7 Å². The number of rotatable bonds is 11. The molecule has 0 spiro atoms. The molecule has 1 amide bonds. The van der Waals surface area contributed by atoms with E-state index in [0.29, 0.717) is 29.0 Å². The van der Waals surface area contributed by atoms with Crippen molar-refractivity contribution in [2.24, 2.45) is 0 Å². The number of aliphatic hydroxyl groups excluding tert-OH is 1. The Hall–Kier alpha value is -3.08. The number of sulfone groups is 1. The van der Waals surface area contributed by atoms with Gasteiger partial charge in [0.2, 0.25) is 5.91 Å². The number of aliphatic hydroxyl groups is 1. The Labute approximate surface area is 225 Å². The number of alkyl halides is 4. The molecule has 38 heavy (non-hydrogen) atoms. The lowest BCUT2D eigenvalue weighted by Gasteiger charge is -2.27. The van der Waals surface area contributed by atoms with Crippen LogP contribution in [0.3, 0.4) is 0 Å². The number of anilines is 2. The molecule has 204 valence electrons. The van der Waals surface area contributed by atoms with E-state index < -0.39 is 27.7 Å². The highest BCUT2D eigenvalue weighted by molar-refractivity contribution is 7.91. The average Bonchev–Trinajstić information content (AvgIpc) is 2.88. The van der Waals surface area contributed by atoms with Crippen molar-refractivity contribution in [2.75, 3.05) is 34.9 Å². The highest BCUT2D eigenvalue weighted by atomic mass is 35.5. The van der Waals surface area contributed by atoms with Crippen LogP contribution in [0.25, 0.3) is 0 Å². The molecule has 11 heteroatoms. The first kappa shape index (κ1) is 29.5. The first-order chi connectivity index (χ1) is 17.9. The Morgan fingerprint density at radius 2 is 1.61 bits per heavy atom. The maximum Gasteiger partial charge on any atom is 0.416 e. The van der Waals surface area contributed by atoms with E-state index in [4.69, 9.17) is 11.6 Å². The first-order valence-corrected chi connectivity index (χ1v) is 14.0. The second-order valence-corrected chi connectivity index (χ2v) is 11.2. The molecule has 3 rings (SSSR count). The van der Waals surface area contributed by atoms with Crippen LogP contribution in [0, 0.1) is 0 Å². The fourth-order valence-corrected chi connectivity index (χ4v) is 4.85. The Bertz CT molecular complexity index is 1310. The molecule has 0 saturated carbocycles. The van der Waals surface area contributed by atoms with E-state index in [1.54, 1.807) is 48.2 Å². The molecule has 0 heterocycles. The number of carbonyl (C=O) groups excluding carboxylic acids is 1. The molecule has 0 fully saturated rings. The molecule has 1 atom stereocenters. The van der Waals surface area contributed by atoms with Crippen LogP contribution in [0.2, 0.25) is 0 Å². The summed E-state index contributed by atoms with van der Waals surface area (Å²) in [6.07, 6.45) is -5.43. The van der Waals surface area contributed by atoms with Gasteiger partial charge in [-0.05, 0) is 59.7 Å². The maximum atomic E-state index is 12.8. The second kappa shape index (κ2) is 12.6. The predicted octanol–water partition coefficient (Wildman–Crippen LogP) is 5.46. The molecule has 0 aliphatic rings. The number of amides is 1. The molecular weight excluding hydrogens is 541 g/mol. The van der Waals surface area contributed by atoms with Gasteiger partial charge in [-0.1, -0.05) is 31.2 Å². The minimum absolute atomic E-state index is 0.000828. The monoisotopic (exact) mass is 568 g/mol. The second-order valence-electron chi connectivity index (χ2n) is 8.59. The zero-order valence-electron chi connectivity index (χ0n) is 20.6. The molecule has 1 unspecified atom stereocenters. The van der Waals surface area contributed by atoms with E-state index in [1.165, 1.54) is 24.3 Å². The fraction of sp³-hybridized carbons (Fsp3) is 0.296. The van der Waals surface area contributed by atoms with Gasteiger partial charge in [-0.15, -0.1) is 11.6 Å². The predicted molar refractivity (Wildman–Crippen MR) is 142 cm³/mol. The molecule has 3 aromatic rings. The third-order valence-electron chi connectivity index (χ3n) is 5.91. The summed E-state index contributed by atoms with van der Waals surface area (Å²) in [6.45, 7) is 2.06. The zero-order chi connectivity index (χ0) is 27.9. The lowest BCUT2D eigenvalue weighted by atomic mass is 10.1. The lowest BCUT2D eigenvalue weighted by molar-refractivity contribution is -0.137. The van der Waals surface area contributed by atoms with E-state index in [9.17, 15) is 31.5 Å². The fourth-order valence-electron chi connectivity index (χ4n) is 3.76. The number of benzene rings is 3. The largest absolute Gasteiger partial charge is 0.416 e. The summed E-state index contributed by atoms with van der Waals surface area (Å²) < 4.78 is 62.3. The molecule has 0 aliphatic carbocycles. The average molecular weight is 569 g/mol. The van der Waals surface area contributed by atoms with Crippen molar-refractivity contribution in [3.05, 3.63) is 89.5 Å². The molecule has 0 aromatic heterocycles. The minimum Gasteiger partial charge on any atom is -0.387 e. The summed E-state index contributed by atoms with van der Waals surface area (Å²) in [4.78, 5) is 14.5. The summed E-state index contributed by atoms with van der Waals surface area (Å²) >= 11 is 5.93. The van der Waals surface area contributed by atoms with E-state index >= 15 is 0 Å². The standard InChI is InChI=1S/C27H28ClF3N2O4S/c1-2-38(36,37)24-13-3-19(4-14-24)17-26(35)32-22-9-11-23(12-10-22)33(16-15-28)18-25(34)20-5-7-21(8-6-20)27(29,30)31/h3-14,25,34H,2,15-18H2,1H3,(H,32,35). The van der Waals surface area contributed by atoms with Gasteiger partial charge in [-0.2, -0.15) is 13.2 Å². The van der Waals surface area contributed by atoms with E-state index in [0.717, 1.165) is 12.1 Å². The van der Waals surface area contributed by atoms with Crippen LogP contribution < -0.4 is 10.2 Å². The smallest absolute Gasteiger partial charge is 0.387 e. The van der Waals surface area contributed by atoms with Gasteiger partial charge in [-0.25, -0.2) is 8.42 Å². The highest BCUT2D eigenvalue weighted by Crippen LogP contribution is 2.30. The SMILES string of the molecule is CCS(=O)(=O)c1ccc(CC(=O)Nc2ccc(N(CCCl)CC(O)c3ccc(C(F)(F)F)cc3)cc2)cc1. The Balaban J connectivity index is 1.61. The van der Waals surface area contributed by atoms with Crippen LogP contribution in [-0.4, -0.2) is 44.2 Å². The van der Waals surface area contributed by atoms with Crippen LogP contribution in [0.1, 0.15) is 29.7 Å². The molecule has 0 bridgehead atoms. The number of nitrogens with zero attached hydrogens (tertiary/aromatic N) is 1. The molecule has 0 radical (unpaired) electrons. The third-order valence-corrected chi connectivity index (χ3v) is 7.83. The van der Waals surface area contributed by atoms with E-state index in [1.807, 2.05) is 0 Å². The molecule has 0 aliphatic heterocycles. The topological polar surface area (TPSA) is 86.7 Å².